The van der Waals surface area contributed by atoms with E-state index >= 15 is 0 Å². The van der Waals surface area contributed by atoms with E-state index < -0.39 is 6.09 Å². The fourth-order valence-corrected chi connectivity index (χ4v) is 2.74. The SMILES string of the molecule is CC(=O)OCC1CCC(OC(=O)NCc2cccc(Cl)n2)CC1. The molecule has 7 heteroatoms. The predicted octanol–water partition coefficient (Wildman–Crippen LogP) is 3.08. The summed E-state index contributed by atoms with van der Waals surface area (Å²) in [5.41, 5.74) is 0.680. The van der Waals surface area contributed by atoms with E-state index in [1.54, 1.807) is 18.2 Å². The molecule has 1 aromatic rings. The number of aromatic nitrogens is 1. The number of halogens is 1. The molecule has 1 N–H and O–H groups in total. The fourth-order valence-electron chi connectivity index (χ4n) is 2.56. The summed E-state index contributed by atoms with van der Waals surface area (Å²) in [4.78, 5) is 26.7. The van der Waals surface area contributed by atoms with Gasteiger partial charge in [-0.15, -0.1) is 0 Å². The first-order valence-corrected chi connectivity index (χ1v) is 8.10. The van der Waals surface area contributed by atoms with Gasteiger partial charge in [-0.25, -0.2) is 9.78 Å². The lowest BCUT2D eigenvalue weighted by molar-refractivity contribution is -0.142. The summed E-state index contributed by atoms with van der Waals surface area (Å²) >= 11 is 5.79. The average molecular weight is 341 g/mol. The van der Waals surface area contributed by atoms with Crippen LogP contribution in [-0.4, -0.2) is 29.8 Å². The van der Waals surface area contributed by atoms with Gasteiger partial charge in [0.05, 0.1) is 18.8 Å². The van der Waals surface area contributed by atoms with Crippen molar-refractivity contribution in [2.24, 2.45) is 5.92 Å². The number of nitrogens with one attached hydrogen (secondary N) is 1. The van der Waals surface area contributed by atoms with Gasteiger partial charge in [0.1, 0.15) is 11.3 Å². The molecule has 23 heavy (non-hydrogen) atoms. The van der Waals surface area contributed by atoms with Crippen LogP contribution >= 0.6 is 11.6 Å². The number of rotatable bonds is 5. The minimum atomic E-state index is -0.449. The van der Waals surface area contributed by atoms with Crippen molar-refractivity contribution in [2.75, 3.05) is 6.61 Å². The van der Waals surface area contributed by atoms with Gasteiger partial charge in [0.2, 0.25) is 0 Å². The molecule has 0 unspecified atom stereocenters. The molecule has 1 fully saturated rings. The molecular weight excluding hydrogens is 320 g/mol. The van der Waals surface area contributed by atoms with Crippen molar-refractivity contribution >= 4 is 23.7 Å². The third-order valence-corrected chi connectivity index (χ3v) is 3.99. The summed E-state index contributed by atoms with van der Waals surface area (Å²) in [6.07, 6.45) is 2.82. The van der Waals surface area contributed by atoms with Crippen molar-refractivity contribution in [1.29, 1.82) is 0 Å². The Balaban J connectivity index is 1.65. The Morgan fingerprint density at radius 3 is 2.70 bits per heavy atom. The van der Waals surface area contributed by atoms with Crippen LogP contribution in [0.2, 0.25) is 5.15 Å². The van der Waals surface area contributed by atoms with Crippen molar-refractivity contribution in [2.45, 2.75) is 45.3 Å². The first kappa shape index (κ1) is 17.5. The van der Waals surface area contributed by atoms with Crippen molar-refractivity contribution in [3.05, 3.63) is 29.0 Å². The van der Waals surface area contributed by atoms with Crippen molar-refractivity contribution in [3.63, 3.8) is 0 Å². The largest absolute Gasteiger partial charge is 0.466 e. The Hall–Kier alpha value is -1.82. The van der Waals surface area contributed by atoms with Crippen LogP contribution in [-0.2, 0) is 20.8 Å². The second-order valence-corrected chi connectivity index (χ2v) is 6.04. The van der Waals surface area contributed by atoms with Gasteiger partial charge in [0.15, 0.2) is 0 Å². The smallest absolute Gasteiger partial charge is 0.407 e. The Morgan fingerprint density at radius 2 is 2.04 bits per heavy atom. The van der Waals surface area contributed by atoms with Gasteiger partial charge in [-0.2, -0.15) is 0 Å². The van der Waals surface area contributed by atoms with Crippen molar-refractivity contribution in [3.8, 4) is 0 Å². The van der Waals surface area contributed by atoms with Gasteiger partial charge in [-0.05, 0) is 43.7 Å². The highest BCUT2D eigenvalue weighted by atomic mass is 35.5. The Labute approximate surface area is 140 Å². The van der Waals surface area contributed by atoms with E-state index in [2.05, 4.69) is 10.3 Å². The predicted molar refractivity (Wildman–Crippen MR) is 84.9 cm³/mol. The van der Waals surface area contributed by atoms with E-state index in [0.717, 1.165) is 25.7 Å². The van der Waals surface area contributed by atoms with Crippen LogP contribution in [0.5, 0.6) is 0 Å². The highest BCUT2D eigenvalue weighted by Gasteiger charge is 2.24. The highest BCUT2D eigenvalue weighted by Crippen LogP contribution is 2.26. The number of amides is 1. The summed E-state index contributed by atoms with van der Waals surface area (Å²) in [6, 6.07) is 5.24. The number of hydrogen-bond donors (Lipinski definition) is 1. The molecule has 6 nitrogen and oxygen atoms in total. The zero-order chi connectivity index (χ0) is 16.7. The molecule has 0 saturated heterocycles. The number of carbonyl (C=O) groups excluding carboxylic acids is 2. The van der Waals surface area contributed by atoms with E-state index in [-0.39, 0.29) is 18.6 Å². The molecule has 0 atom stereocenters. The lowest BCUT2D eigenvalue weighted by Gasteiger charge is -2.27. The average Bonchev–Trinajstić information content (AvgIpc) is 2.52. The van der Waals surface area contributed by atoms with E-state index in [1.165, 1.54) is 6.92 Å². The molecule has 2 rings (SSSR count). The van der Waals surface area contributed by atoms with Crippen molar-refractivity contribution < 1.29 is 19.1 Å². The quantitative estimate of drug-likeness (QED) is 0.658. The maximum Gasteiger partial charge on any atom is 0.407 e. The summed E-state index contributed by atoms with van der Waals surface area (Å²) in [6.45, 7) is 2.14. The number of carbonyl (C=O) groups is 2. The Kier molecular flexibility index (Phi) is 6.65. The highest BCUT2D eigenvalue weighted by molar-refractivity contribution is 6.29. The fraction of sp³-hybridized carbons (Fsp3) is 0.562. The van der Waals surface area contributed by atoms with Crippen LogP contribution in [0.4, 0.5) is 4.79 Å². The molecule has 1 amide bonds. The zero-order valence-corrected chi connectivity index (χ0v) is 13.8. The Morgan fingerprint density at radius 1 is 1.30 bits per heavy atom. The third kappa shape index (κ3) is 6.44. The molecule has 0 spiro atoms. The van der Waals surface area contributed by atoms with E-state index in [4.69, 9.17) is 21.1 Å². The van der Waals surface area contributed by atoms with E-state index in [1.807, 2.05) is 0 Å². The molecule has 1 heterocycles. The molecular formula is C16H21ClN2O4. The minimum Gasteiger partial charge on any atom is -0.466 e. The first-order chi connectivity index (χ1) is 11.0. The van der Waals surface area contributed by atoms with Gasteiger partial charge >= 0.3 is 12.1 Å². The lowest BCUT2D eigenvalue weighted by Crippen LogP contribution is -2.32. The van der Waals surface area contributed by atoms with Gasteiger partial charge in [-0.1, -0.05) is 17.7 Å². The number of alkyl carbamates (subject to hydrolysis) is 1. The summed E-state index contributed by atoms with van der Waals surface area (Å²) in [5, 5.41) is 3.07. The van der Waals surface area contributed by atoms with Crippen LogP contribution in [0, 0.1) is 5.92 Å². The summed E-state index contributed by atoms with van der Waals surface area (Å²) < 4.78 is 10.4. The lowest BCUT2D eigenvalue weighted by atomic mass is 9.88. The molecule has 0 aliphatic heterocycles. The minimum absolute atomic E-state index is 0.0871. The molecule has 1 aromatic heterocycles. The monoisotopic (exact) mass is 340 g/mol. The van der Waals surface area contributed by atoms with E-state index in [9.17, 15) is 9.59 Å². The van der Waals surface area contributed by atoms with Crippen LogP contribution in [0.3, 0.4) is 0 Å². The molecule has 0 bridgehead atoms. The van der Waals surface area contributed by atoms with Crippen LogP contribution in [0.15, 0.2) is 18.2 Å². The van der Waals surface area contributed by atoms with E-state index in [0.29, 0.717) is 23.4 Å². The second kappa shape index (κ2) is 8.72. The molecule has 1 saturated carbocycles. The number of hydrogen-bond acceptors (Lipinski definition) is 5. The number of esters is 1. The van der Waals surface area contributed by atoms with Gasteiger partial charge < -0.3 is 14.8 Å². The second-order valence-electron chi connectivity index (χ2n) is 5.66. The summed E-state index contributed by atoms with van der Waals surface area (Å²) in [5.74, 6) is 0.106. The molecule has 126 valence electrons. The standard InChI is InChI=1S/C16H21ClN2O4/c1-11(20)22-10-12-5-7-14(8-6-12)23-16(21)18-9-13-3-2-4-15(17)19-13/h2-4,12,14H,5-10H2,1H3,(H,18,21). The molecule has 0 radical (unpaired) electrons. The molecule has 1 aliphatic carbocycles. The molecule has 0 aromatic carbocycles. The normalized spacial score (nSPS) is 20.6. The topological polar surface area (TPSA) is 77.5 Å². The van der Waals surface area contributed by atoms with Crippen molar-refractivity contribution in [1.82, 2.24) is 10.3 Å². The zero-order valence-electron chi connectivity index (χ0n) is 13.1. The maximum atomic E-state index is 11.8. The first-order valence-electron chi connectivity index (χ1n) is 7.72. The maximum absolute atomic E-state index is 11.8. The Bertz CT molecular complexity index is 545. The molecule has 1 aliphatic rings. The van der Waals surface area contributed by atoms with Crippen LogP contribution in [0.1, 0.15) is 38.3 Å². The van der Waals surface area contributed by atoms with Crippen LogP contribution in [0.25, 0.3) is 0 Å². The number of pyridine rings is 1. The van der Waals surface area contributed by atoms with Gasteiger partial charge in [-0.3, -0.25) is 4.79 Å². The van der Waals surface area contributed by atoms with Gasteiger partial charge in [0.25, 0.3) is 0 Å². The van der Waals surface area contributed by atoms with Crippen LogP contribution < -0.4 is 5.32 Å². The summed E-state index contributed by atoms with van der Waals surface area (Å²) in [7, 11) is 0. The third-order valence-electron chi connectivity index (χ3n) is 3.78. The number of ether oxygens (including phenoxy) is 2. The number of nitrogens with zero attached hydrogens (tertiary/aromatic N) is 1. The van der Waals surface area contributed by atoms with Gasteiger partial charge in [0, 0.05) is 6.92 Å².